The third-order valence-electron chi connectivity index (χ3n) is 8.49. The van der Waals surface area contributed by atoms with Crippen molar-refractivity contribution in [2.24, 2.45) is 0 Å². The summed E-state index contributed by atoms with van der Waals surface area (Å²) < 4.78 is 6.49. The van der Waals surface area contributed by atoms with Crippen LogP contribution in [0, 0.1) is 0 Å². The Kier molecular flexibility index (Phi) is 5.78. The van der Waals surface area contributed by atoms with Crippen molar-refractivity contribution in [1.82, 2.24) is 15.0 Å². The number of aromatic nitrogens is 3. The van der Waals surface area contributed by atoms with Gasteiger partial charge in [0.2, 0.25) is 0 Å². The quantitative estimate of drug-likeness (QED) is 0.196. The molecule has 0 saturated carbocycles. The van der Waals surface area contributed by atoms with Gasteiger partial charge in [0.05, 0.1) is 22.6 Å². The van der Waals surface area contributed by atoms with Gasteiger partial charge >= 0.3 is 0 Å². The molecule has 210 valence electrons. The second-order valence-electron chi connectivity index (χ2n) is 11.2. The zero-order valence-corrected chi connectivity index (χ0v) is 24.2. The van der Waals surface area contributed by atoms with Crippen molar-refractivity contribution in [1.29, 1.82) is 0 Å². The van der Waals surface area contributed by atoms with E-state index in [1.807, 2.05) is 54.6 Å². The monoisotopic (exact) mass is 575 g/mol. The summed E-state index contributed by atoms with van der Waals surface area (Å²) >= 11 is 0. The van der Waals surface area contributed by atoms with Gasteiger partial charge in [0.1, 0.15) is 11.2 Å². The lowest BCUT2D eigenvalue weighted by molar-refractivity contribution is 0.673. The van der Waals surface area contributed by atoms with E-state index >= 15 is 0 Å². The van der Waals surface area contributed by atoms with E-state index in [2.05, 4.69) is 97.1 Å². The first-order valence-corrected chi connectivity index (χ1v) is 15.0. The van der Waals surface area contributed by atoms with Crippen molar-refractivity contribution in [2.75, 3.05) is 0 Å². The molecule has 3 heterocycles. The predicted molar refractivity (Wildman–Crippen MR) is 184 cm³/mol. The van der Waals surface area contributed by atoms with E-state index in [9.17, 15) is 0 Å². The highest BCUT2D eigenvalue weighted by atomic mass is 16.3. The average molecular weight is 576 g/mol. The molecule has 0 aliphatic carbocycles. The molecule has 45 heavy (non-hydrogen) atoms. The van der Waals surface area contributed by atoms with Crippen LogP contribution < -0.4 is 0 Å². The maximum Gasteiger partial charge on any atom is 0.160 e. The van der Waals surface area contributed by atoms with Crippen LogP contribution in [0.4, 0.5) is 0 Å². The number of fused-ring (bicyclic) bond motifs is 7. The third kappa shape index (κ3) is 4.27. The lowest BCUT2D eigenvalue weighted by Gasteiger charge is -2.12. The number of nitrogens with zero attached hydrogens (tertiary/aromatic N) is 3. The SMILES string of the molecule is c1ccc(-c2cc(-c3ccccc3)nc(-c3ccc(-c4nc5ccccc5c5c4ccc4c6ccccc6oc45)cc3)n2)cc1. The van der Waals surface area contributed by atoms with Crippen LogP contribution in [0.5, 0.6) is 0 Å². The lowest BCUT2D eigenvalue weighted by atomic mass is 9.97. The smallest absolute Gasteiger partial charge is 0.160 e. The van der Waals surface area contributed by atoms with Crippen molar-refractivity contribution in [3.8, 4) is 45.2 Å². The van der Waals surface area contributed by atoms with Gasteiger partial charge in [0, 0.05) is 49.2 Å². The van der Waals surface area contributed by atoms with E-state index in [0.717, 1.165) is 82.9 Å². The number of benzene rings is 6. The largest absolute Gasteiger partial charge is 0.455 e. The van der Waals surface area contributed by atoms with Gasteiger partial charge in [0.15, 0.2) is 5.82 Å². The molecule has 9 rings (SSSR count). The Bertz CT molecular complexity index is 2460. The number of rotatable bonds is 4. The minimum Gasteiger partial charge on any atom is -0.455 e. The Morgan fingerprint density at radius 3 is 1.69 bits per heavy atom. The molecular weight excluding hydrogens is 550 g/mol. The van der Waals surface area contributed by atoms with Crippen LogP contribution in [0.25, 0.3) is 88.8 Å². The average Bonchev–Trinajstić information content (AvgIpc) is 3.51. The molecule has 0 amide bonds. The first kappa shape index (κ1) is 25.4. The van der Waals surface area contributed by atoms with Crippen molar-refractivity contribution < 1.29 is 4.42 Å². The van der Waals surface area contributed by atoms with Gasteiger partial charge in [-0.15, -0.1) is 0 Å². The maximum atomic E-state index is 6.49. The number of furan rings is 1. The van der Waals surface area contributed by atoms with E-state index in [0.29, 0.717) is 5.82 Å². The van der Waals surface area contributed by atoms with Crippen LogP contribution in [-0.2, 0) is 0 Å². The van der Waals surface area contributed by atoms with Gasteiger partial charge in [-0.2, -0.15) is 0 Å². The summed E-state index contributed by atoms with van der Waals surface area (Å²) in [5, 5.41) is 5.45. The molecule has 0 N–H and O–H groups in total. The topological polar surface area (TPSA) is 51.8 Å². The summed E-state index contributed by atoms with van der Waals surface area (Å²) in [5.41, 5.74) is 9.48. The zero-order chi connectivity index (χ0) is 29.7. The second kappa shape index (κ2) is 10.2. The van der Waals surface area contributed by atoms with Crippen LogP contribution >= 0.6 is 0 Å². The molecule has 0 atom stereocenters. The van der Waals surface area contributed by atoms with Crippen LogP contribution in [0.15, 0.2) is 156 Å². The van der Waals surface area contributed by atoms with Crippen molar-refractivity contribution in [3.63, 3.8) is 0 Å². The van der Waals surface area contributed by atoms with Gasteiger partial charge in [-0.1, -0.05) is 127 Å². The number of pyridine rings is 1. The van der Waals surface area contributed by atoms with Crippen LogP contribution in [0.3, 0.4) is 0 Å². The predicted octanol–water partition coefficient (Wildman–Crippen LogP) is 10.7. The van der Waals surface area contributed by atoms with E-state index in [-0.39, 0.29) is 0 Å². The first-order valence-electron chi connectivity index (χ1n) is 15.0. The fourth-order valence-corrected chi connectivity index (χ4v) is 6.30. The summed E-state index contributed by atoms with van der Waals surface area (Å²) in [6.07, 6.45) is 0. The van der Waals surface area contributed by atoms with Gasteiger partial charge < -0.3 is 4.42 Å². The molecule has 3 aromatic heterocycles. The molecular formula is C41H25N3O. The molecule has 0 fully saturated rings. The maximum absolute atomic E-state index is 6.49. The van der Waals surface area contributed by atoms with E-state index in [1.54, 1.807) is 0 Å². The zero-order valence-electron chi connectivity index (χ0n) is 24.2. The van der Waals surface area contributed by atoms with E-state index in [4.69, 9.17) is 19.4 Å². The summed E-state index contributed by atoms with van der Waals surface area (Å²) in [7, 11) is 0. The highest BCUT2D eigenvalue weighted by Crippen LogP contribution is 2.40. The Balaban J connectivity index is 1.21. The summed E-state index contributed by atoms with van der Waals surface area (Å²) in [5.74, 6) is 0.682. The van der Waals surface area contributed by atoms with Crippen LogP contribution in [0.2, 0.25) is 0 Å². The van der Waals surface area contributed by atoms with E-state index in [1.165, 1.54) is 0 Å². The minimum absolute atomic E-state index is 0.682. The van der Waals surface area contributed by atoms with Crippen LogP contribution in [-0.4, -0.2) is 15.0 Å². The molecule has 0 spiro atoms. The first-order chi connectivity index (χ1) is 22.3. The van der Waals surface area contributed by atoms with Crippen molar-refractivity contribution in [3.05, 3.63) is 152 Å². The summed E-state index contributed by atoms with van der Waals surface area (Å²) in [6.45, 7) is 0. The standard InChI is InChI=1S/C41H25N3O/c1-3-11-26(12-4-1)35-25-36(27-13-5-2-6-14-27)44-41(43-35)29-21-19-28(20-22-29)39-33-24-23-31-30-15-8-10-18-37(30)45-40(31)38(33)32-16-7-9-17-34(32)42-39/h1-25H. The molecule has 0 radical (unpaired) electrons. The molecule has 0 unspecified atom stereocenters. The van der Waals surface area contributed by atoms with Crippen molar-refractivity contribution >= 4 is 43.6 Å². The number of hydrogen-bond donors (Lipinski definition) is 0. The van der Waals surface area contributed by atoms with Crippen LogP contribution in [0.1, 0.15) is 0 Å². The Labute approximate surface area is 259 Å². The Hall–Kier alpha value is -6.13. The fraction of sp³-hybridized carbons (Fsp3) is 0. The number of hydrogen-bond acceptors (Lipinski definition) is 4. The molecule has 4 heteroatoms. The van der Waals surface area contributed by atoms with Gasteiger partial charge in [0.25, 0.3) is 0 Å². The minimum atomic E-state index is 0.682. The molecule has 0 aliphatic rings. The number of para-hydroxylation sites is 2. The van der Waals surface area contributed by atoms with Gasteiger partial charge in [-0.05, 0) is 24.3 Å². The summed E-state index contributed by atoms with van der Waals surface area (Å²) in [4.78, 5) is 15.2. The second-order valence-corrected chi connectivity index (χ2v) is 11.2. The molecule has 6 aromatic carbocycles. The summed E-state index contributed by atoms with van der Waals surface area (Å²) in [6, 6.07) is 51.9. The molecule has 0 saturated heterocycles. The Morgan fingerprint density at radius 1 is 0.400 bits per heavy atom. The highest BCUT2D eigenvalue weighted by molar-refractivity contribution is 6.24. The van der Waals surface area contributed by atoms with Gasteiger partial charge in [-0.3, -0.25) is 0 Å². The lowest BCUT2D eigenvalue weighted by Crippen LogP contribution is -1.96. The molecule has 9 aromatic rings. The Morgan fingerprint density at radius 2 is 0.978 bits per heavy atom. The van der Waals surface area contributed by atoms with Gasteiger partial charge in [-0.25, -0.2) is 15.0 Å². The van der Waals surface area contributed by atoms with Crippen molar-refractivity contribution in [2.45, 2.75) is 0 Å². The normalized spacial score (nSPS) is 11.6. The highest BCUT2D eigenvalue weighted by Gasteiger charge is 2.17. The third-order valence-corrected chi connectivity index (χ3v) is 8.49. The fourth-order valence-electron chi connectivity index (χ4n) is 6.30. The molecule has 4 nitrogen and oxygen atoms in total. The molecule has 0 aliphatic heterocycles. The van der Waals surface area contributed by atoms with E-state index < -0.39 is 0 Å². The molecule has 0 bridgehead atoms.